The van der Waals surface area contributed by atoms with Crippen molar-refractivity contribution < 1.29 is 4.79 Å². The maximum Gasteiger partial charge on any atom is 0.254 e. The van der Waals surface area contributed by atoms with E-state index in [4.69, 9.17) is 0 Å². The van der Waals surface area contributed by atoms with Crippen LogP contribution in [-0.2, 0) is 0 Å². The van der Waals surface area contributed by atoms with Gasteiger partial charge in [-0.1, -0.05) is 26.7 Å². The second-order valence-corrected chi connectivity index (χ2v) is 5.55. The van der Waals surface area contributed by atoms with Crippen LogP contribution in [0.4, 0.5) is 5.69 Å². The van der Waals surface area contributed by atoms with Gasteiger partial charge in [-0.2, -0.15) is 0 Å². The van der Waals surface area contributed by atoms with Crippen molar-refractivity contribution in [2.75, 3.05) is 18.4 Å². The van der Waals surface area contributed by atoms with Gasteiger partial charge in [-0.15, -0.1) is 0 Å². The Morgan fingerprint density at radius 2 is 2.10 bits per heavy atom. The number of hydrogen-bond donors (Lipinski definition) is 2. The van der Waals surface area contributed by atoms with Gasteiger partial charge in [0.1, 0.15) is 0 Å². The van der Waals surface area contributed by atoms with Crippen LogP contribution in [0.5, 0.6) is 0 Å². The van der Waals surface area contributed by atoms with Gasteiger partial charge in [0.15, 0.2) is 0 Å². The zero-order chi connectivity index (χ0) is 15.0. The normalized spacial score (nSPS) is 10.7. The number of hydrogen-bond acceptors (Lipinski definition) is 3. The van der Waals surface area contributed by atoms with E-state index in [0.29, 0.717) is 5.56 Å². The number of aryl methyl sites for hydroxylation is 1. The minimum absolute atomic E-state index is 0.0435. The van der Waals surface area contributed by atoms with Crippen LogP contribution >= 0.6 is 0 Å². The van der Waals surface area contributed by atoms with E-state index in [-0.39, 0.29) is 5.91 Å². The molecule has 112 valence electrons. The highest BCUT2D eigenvalue weighted by Crippen LogP contribution is 2.15. The van der Waals surface area contributed by atoms with E-state index in [0.717, 1.165) is 43.2 Å². The minimum Gasteiger partial charge on any atom is -0.385 e. The number of carbonyl (C=O) groups excluding carboxylic acids is 1. The number of amides is 1. The van der Waals surface area contributed by atoms with Crippen molar-refractivity contribution >= 4 is 11.6 Å². The van der Waals surface area contributed by atoms with Crippen LogP contribution in [0.25, 0.3) is 0 Å². The Morgan fingerprint density at radius 1 is 1.35 bits per heavy atom. The molecule has 0 unspecified atom stereocenters. The van der Waals surface area contributed by atoms with Crippen molar-refractivity contribution in [2.45, 2.75) is 47.0 Å². The highest BCUT2D eigenvalue weighted by molar-refractivity contribution is 5.99. The summed E-state index contributed by atoms with van der Waals surface area (Å²) in [5, 5.41) is 6.19. The summed E-state index contributed by atoms with van der Waals surface area (Å²) in [6.45, 7) is 9.90. The van der Waals surface area contributed by atoms with Crippen LogP contribution in [-0.4, -0.2) is 24.0 Å². The third kappa shape index (κ3) is 5.59. The molecular formula is C16H27N3O. The van der Waals surface area contributed by atoms with Crippen LogP contribution in [0.3, 0.4) is 0 Å². The molecule has 1 heterocycles. The number of rotatable bonds is 8. The third-order valence-electron chi connectivity index (χ3n) is 3.15. The SMILES string of the molecule is CCNc1cc(C)ncc1C(=O)NCCCCC(C)C. The molecule has 0 aliphatic carbocycles. The summed E-state index contributed by atoms with van der Waals surface area (Å²) >= 11 is 0. The Kier molecular flexibility index (Phi) is 7.05. The molecule has 1 aromatic heterocycles. The average Bonchev–Trinajstić information content (AvgIpc) is 2.38. The molecule has 1 amide bonds. The number of pyridine rings is 1. The van der Waals surface area contributed by atoms with Gasteiger partial charge in [0.2, 0.25) is 0 Å². The van der Waals surface area contributed by atoms with E-state index in [2.05, 4.69) is 29.5 Å². The van der Waals surface area contributed by atoms with Crippen molar-refractivity contribution in [3.05, 3.63) is 23.5 Å². The number of unbranched alkanes of at least 4 members (excludes halogenated alkanes) is 1. The lowest BCUT2D eigenvalue weighted by Gasteiger charge is -2.11. The van der Waals surface area contributed by atoms with E-state index >= 15 is 0 Å². The summed E-state index contributed by atoms with van der Waals surface area (Å²) in [5.74, 6) is 0.686. The summed E-state index contributed by atoms with van der Waals surface area (Å²) in [6.07, 6.45) is 5.05. The molecule has 0 aliphatic heterocycles. The fourth-order valence-corrected chi connectivity index (χ4v) is 2.05. The molecule has 1 aromatic rings. The Labute approximate surface area is 122 Å². The summed E-state index contributed by atoms with van der Waals surface area (Å²) in [6, 6.07) is 1.91. The minimum atomic E-state index is -0.0435. The van der Waals surface area contributed by atoms with E-state index in [1.165, 1.54) is 6.42 Å². The summed E-state index contributed by atoms with van der Waals surface area (Å²) in [5.41, 5.74) is 2.40. The maximum absolute atomic E-state index is 12.2. The number of carbonyl (C=O) groups is 1. The Bertz CT molecular complexity index is 430. The first kappa shape index (κ1) is 16.5. The first-order chi connectivity index (χ1) is 9.54. The number of nitrogens with one attached hydrogen (secondary N) is 2. The molecule has 0 fully saturated rings. The number of aromatic nitrogens is 1. The zero-order valence-corrected chi connectivity index (χ0v) is 13.1. The molecule has 0 radical (unpaired) electrons. The molecule has 4 heteroatoms. The van der Waals surface area contributed by atoms with Crippen molar-refractivity contribution in [3.63, 3.8) is 0 Å². The van der Waals surface area contributed by atoms with Gasteiger partial charge in [-0.3, -0.25) is 9.78 Å². The van der Waals surface area contributed by atoms with Crippen LogP contribution in [0.15, 0.2) is 12.3 Å². The standard InChI is InChI=1S/C16H27N3O/c1-5-17-15-10-13(4)19-11-14(15)16(20)18-9-7-6-8-12(2)3/h10-12H,5-9H2,1-4H3,(H,17,19)(H,18,20). The van der Waals surface area contributed by atoms with Gasteiger partial charge in [-0.25, -0.2) is 0 Å². The number of nitrogens with zero attached hydrogens (tertiary/aromatic N) is 1. The Balaban J connectivity index is 2.50. The quantitative estimate of drug-likeness (QED) is 0.716. The monoisotopic (exact) mass is 277 g/mol. The highest BCUT2D eigenvalue weighted by Gasteiger charge is 2.11. The largest absolute Gasteiger partial charge is 0.385 e. The Hall–Kier alpha value is -1.58. The predicted molar refractivity (Wildman–Crippen MR) is 84.2 cm³/mol. The molecule has 0 aromatic carbocycles. The predicted octanol–water partition coefficient (Wildman–Crippen LogP) is 3.38. The van der Waals surface area contributed by atoms with Crippen molar-refractivity contribution in [3.8, 4) is 0 Å². The lowest BCUT2D eigenvalue weighted by molar-refractivity contribution is 0.0953. The molecular weight excluding hydrogens is 250 g/mol. The first-order valence-corrected chi connectivity index (χ1v) is 7.53. The van der Waals surface area contributed by atoms with E-state index in [9.17, 15) is 4.79 Å². The lowest BCUT2D eigenvalue weighted by Crippen LogP contribution is -2.25. The van der Waals surface area contributed by atoms with Gasteiger partial charge < -0.3 is 10.6 Å². The van der Waals surface area contributed by atoms with E-state index in [1.54, 1.807) is 6.20 Å². The third-order valence-corrected chi connectivity index (χ3v) is 3.15. The maximum atomic E-state index is 12.2. The molecule has 0 bridgehead atoms. The highest BCUT2D eigenvalue weighted by atomic mass is 16.1. The molecule has 0 aliphatic rings. The molecule has 0 saturated carbocycles. The molecule has 4 nitrogen and oxygen atoms in total. The first-order valence-electron chi connectivity index (χ1n) is 7.53. The smallest absolute Gasteiger partial charge is 0.254 e. The molecule has 0 spiro atoms. The van der Waals surface area contributed by atoms with Gasteiger partial charge in [0, 0.05) is 25.0 Å². The second-order valence-electron chi connectivity index (χ2n) is 5.55. The molecule has 20 heavy (non-hydrogen) atoms. The Morgan fingerprint density at radius 3 is 2.75 bits per heavy atom. The van der Waals surface area contributed by atoms with Crippen molar-refractivity contribution in [2.24, 2.45) is 5.92 Å². The van der Waals surface area contributed by atoms with E-state index < -0.39 is 0 Å². The van der Waals surface area contributed by atoms with Gasteiger partial charge in [-0.05, 0) is 32.3 Å². The fourth-order valence-electron chi connectivity index (χ4n) is 2.05. The lowest BCUT2D eigenvalue weighted by atomic mass is 10.1. The van der Waals surface area contributed by atoms with Crippen LogP contribution in [0.1, 0.15) is 56.1 Å². The summed E-state index contributed by atoms with van der Waals surface area (Å²) in [4.78, 5) is 16.4. The zero-order valence-electron chi connectivity index (χ0n) is 13.1. The summed E-state index contributed by atoms with van der Waals surface area (Å²) < 4.78 is 0. The number of anilines is 1. The fraction of sp³-hybridized carbons (Fsp3) is 0.625. The molecule has 0 saturated heterocycles. The van der Waals surface area contributed by atoms with Crippen LogP contribution in [0, 0.1) is 12.8 Å². The molecule has 2 N–H and O–H groups in total. The van der Waals surface area contributed by atoms with Gasteiger partial charge in [0.05, 0.1) is 11.3 Å². The van der Waals surface area contributed by atoms with Gasteiger partial charge in [0.25, 0.3) is 5.91 Å². The topological polar surface area (TPSA) is 54.0 Å². The van der Waals surface area contributed by atoms with Crippen LogP contribution < -0.4 is 10.6 Å². The van der Waals surface area contributed by atoms with Crippen molar-refractivity contribution in [1.82, 2.24) is 10.3 Å². The van der Waals surface area contributed by atoms with Crippen molar-refractivity contribution in [1.29, 1.82) is 0 Å². The molecule has 1 rings (SSSR count). The van der Waals surface area contributed by atoms with E-state index in [1.807, 2.05) is 19.9 Å². The molecule has 0 atom stereocenters. The second kappa shape index (κ2) is 8.56. The van der Waals surface area contributed by atoms with Gasteiger partial charge >= 0.3 is 0 Å². The average molecular weight is 277 g/mol. The summed E-state index contributed by atoms with van der Waals surface area (Å²) in [7, 11) is 0. The van der Waals surface area contributed by atoms with Crippen LogP contribution in [0.2, 0.25) is 0 Å².